The molecular weight excluding hydrogens is 268 g/mol. The third kappa shape index (κ3) is 1.63. The number of nitrogens with one attached hydrogen (secondary N) is 1. The summed E-state index contributed by atoms with van der Waals surface area (Å²) in [5.41, 5.74) is 2.94. The van der Waals surface area contributed by atoms with Gasteiger partial charge in [-0.25, -0.2) is 5.43 Å². The van der Waals surface area contributed by atoms with Gasteiger partial charge < -0.3 is 4.42 Å². The molecule has 3 unspecified atom stereocenters. The molecule has 2 saturated carbocycles. The van der Waals surface area contributed by atoms with Crippen LogP contribution in [0, 0.1) is 17.8 Å². The lowest BCUT2D eigenvalue weighted by molar-refractivity contribution is 0.366. The van der Waals surface area contributed by atoms with Crippen molar-refractivity contribution in [2.45, 2.75) is 31.7 Å². The lowest BCUT2D eigenvalue weighted by atomic mass is 10.0. The molecule has 0 bridgehead atoms. The highest BCUT2D eigenvalue weighted by atomic mass is 79.9. The first-order valence-electron chi connectivity index (χ1n) is 6.02. The average molecular weight is 285 g/mol. The number of rotatable bonds is 3. The summed E-state index contributed by atoms with van der Waals surface area (Å²) in [6.45, 7) is 0. The van der Waals surface area contributed by atoms with E-state index in [9.17, 15) is 0 Å². The minimum absolute atomic E-state index is 0.178. The fourth-order valence-corrected chi connectivity index (χ4v) is 3.88. The van der Waals surface area contributed by atoms with Gasteiger partial charge in [0.25, 0.3) is 0 Å². The zero-order valence-corrected chi connectivity index (χ0v) is 10.7. The van der Waals surface area contributed by atoms with Crippen LogP contribution in [-0.4, -0.2) is 0 Å². The van der Waals surface area contributed by atoms with Crippen molar-refractivity contribution >= 4 is 15.9 Å². The lowest BCUT2D eigenvalue weighted by Crippen LogP contribution is -2.30. The van der Waals surface area contributed by atoms with Crippen molar-refractivity contribution in [3.63, 3.8) is 0 Å². The molecule has 1 heterocycles. The fourth-order valence-electron chi connectivity index (χ4n) is 3.43. The van der Waals surface area contributed by atoms with Gasteiger partial charge in [-0.1, -0.05) is 12.8 Å². The van der Waals surface area contributed by atoms with Gasteiger partial charge in [-0.05, 0) is 52.6 Å². The molecule has 16 heavy (non-hydrogen) atoms. The topological polar surface area (TPSA) is 51.2 Å². The largest absolute Gasteiger partial charge is 0.466 e. The summed E-state index contributed by atoms with van der Waals surface area (Å²) in [5, 5.41) is 0. The molecule has 2 aliphatic carbocycles. The molecule has 2 fully saturated rings. The van der Waals surface area contributed by atoms with Gasteiger partial charge in [0.05, 0.1) is 16.8 Å². The molecule has 0 radical (unpaired) electrons. The van der Waals surface area contributed by atoms with Crippen LogP contribution >= 0.6 is 15.9 Å². The Balaban J connectivity index is 1.80. The second kappa shape index (κ2) is 4.17. The van der Waals surface area contributed by atoms with E-state index >= 15 is 0 Å². The molecule has 0 saturated heterocycles. The van der Waals surface area contributed by atoms with E-state index in [0.717, 1.165) is 22.1 Å². The van der Waals surface area contributed by atoms with E-state index in [4.69, 9.17) is 10.3 Å². The molecule has 3 N–H and O–H groups in total. The summed E-state index contributed by atoms with van der Waals surface area (Å²) in [5.74, 6) is 9.07. The van der Waals surface area contributed by atoms with Gasteiger partial charge in [0.2, 0.25) is 0 Å². The molecule has 4 heteroatoms. The van der Waals surface area contributed by atoms with Crippen LogP contribution in [0.2, 0.25) is 0 Å². The van der Waals surface area contributed by atoms with Gasteiger partial charge in [0.1, 0.15) is 5.76 Å². The van der Waals surface area contributed by atoms with Crippen molar-refractivity contribution < 1.29 is 4.42 Å². The molecule has 2 aliphatic rings. The van der Waals surface area contributed by atoms with Crippen LogP contribution in [-0.2, 0) is 0 Å². The molecule has 3 atom stereocenters. The Morgan fingerprint density at radius 2 is 2.06 bits per heavy atom. The summed E-state index contributed by atoms with van der Waals surface area (Å²) >= 11 is 3.51. The molecule has 1 aromatic heterocycles. The van der Waals surface area contributed by atoms with Crippen LogP contribution in [0.1, 0.15) is 37.5 Å². The maximum Gasteiger partial charge on any atom is 0.136 e. The van der Waals surface area contributed by atoms with Crippen molar-refractivity contribution in [1.82, 2.24) is 5.43 Å². The van der Waals surface area contributed by atoms with Gasteiger partial charge >= 0.3 is 0 Å². The maximum absolute atomic E-state index is 5.70. The average Bonchev–Trinajstić information content (AvgIpc) is 2.87. The Hall–Kier alpha value is -0.320. The number of hydrogen-bond acceptors (Lipinski definition) is 3. The summed E-state index contributed by atoms with van der Waals surface area (Å²) in [7, 11) is 0. The number of halogens is 1. The Labute approximate surface area is 104 Å². The van der Waals surface area contributed by atoms with Crippen molar-refractivity contribution in [1.29, 1.82) is 0 Å². The Bertz CT molecular complexity index is 367. The number of nitrogens with two attached hydrogens (primary N) is 1. The van der Waals surface area contributed by atoms with E-state index in [0.29, 0.717) is 5.92 Å². The summed E-state index contributed by atoms with van der Waals surface area (Å²) < 4.78 is 6.56. The van der Waals surface area contributed by atoms with Gasteiger partial charge in [-0.3, -0.25) is 5.84 Å². The molecule has 3 nitrogen and oxygen atoms in total. The number of fused-ring (bicyclic) bond motifs is 1. The number of hydrogen-bond donors (Lipinski definition) is 2. The van der Waals surface area contributed by atoms with Gasteiger partial charge in [0, 0.05) is 0 Å². The normalized spacial score (nSPS) is 34.5. The smallest absolute Gasteiger partial charge is 0.136 e. The lowest BCUT2D eigenvalue weighted by Gasteiger charge is -2.14. The van der Waals surface area contributed by atoms with Crippen LogP contribution in [0.5, 0.6) is 0 Å². The van der Waals surface area contributed by atoms with E-state index in [2.05, 4.69) is 21.4 Å². The van der Waals surface area contributed by atoms with Crippen LogP contribution in [0.4, 0.5) is 0 Å². The predicted octanol–water partition coefficient (Wildman–Crippen LogP) is 2.98. The van der Waals surface area contributed by atoms with Crippen LogP contribution in [0.15, 0.2) is 21.2 Å². The third-order valence-corrected chi connectivity index (χ3v) is 4.87. The predicted molar refractivity (Wildman–Crippen MR) is 65.4 cm³/mol. The van der Waals surface area contributed by atoms with Crippen molar-refractivity contribution in [3.05, 3.63) is 22.6 Å². The van der Waals surface area contributed by atoms with E-state index in [1.807, 2.05) is 6.07 Å². The molecule has 3 rings (SSSR count). The first kappa shape index (κ1) is 10.8. The van der Waals surface area contributed by atoms with Gasteiger partial charge in [0.15, 0.2) is 0 Å². The second-order valence-electron chi connectivity index (χ2n) is 4.97. The molecule has 0 aromatic carbocycles. The highest BCUT2D eigenvalue weighted by Gasteiger charge is 2.55. The number of furan rings is 1. The van der Waals surface area contributed by atoms with E-state index in [1.165, 1.54) is 25.7 Å². The van der Waals surface area contributed by atoms with Crippen molar-refractivity contribution in [2.24, 2.45) is 23.6 Å². The van der Waals surface area contributed by atoms with Crippen LogP contribution in [0.3, 0.4) is 0 Å². The van der Waals surface area contributed by atoms with E-state index in [-0.39, 0.29) is 6.04 Å². The van der Waals surface area contributed by atoms with E-state index in [1.54, 1.807) is 6.26 Å². The molecule has 0 aliphatic heterocycles. The highest BCUT2D eigenvalue weighted by Crippen LogP contribution is 2.60. The number of hydrazine groups is 1. The Kier molecular flexibility index (Phi) is 2.81. The summed E-state index contributed by atoms with van der Waals surface area (Å²) in [6, 6.07) is 2.11. The fraction of sp³-hybridized carbons (Fsp3) is 0.667. The van der Waals surface area contributed by atoms with Gasteiger partial charge in [-0.15, -0.1) is 0 Å². The van der Waals surface area contributed by atoms with Gasteiger partial charge in [-0.2, -0.15) is 0 Å². The molecule has 1 aromatic rings. The zero-order chi connectivity index (χ0) is 11.1. The molecule has 0 amide bonds. The molecule has 88 valence electrons. The first-order chi connectivity index (χ1) is 7.83. The quantitative estimate of drug-likeness (QED) is 0.663. The monoisotopic (exact) mass is 284 g/mol. The van der Waals surface area contributed by atoms with Crippen LogP contribution < -0.4 is 11.3 Å². The second-order valence-corrected chi connectivity index (χ2v) is 5.82. The Morgan fingerprint density at radius 3 is 2.56 bits per heavy atom. The van der Waals surface area contributed by atoms with E-state index < -0.39 is 0 Å². The molecule has 0 spiro atoms. The third-order valence-electron chi connectivity index (χ3n) is 4.21. The maximum atomic E-state index is 5.70. The highest BCUT2D eigenvalue weighted by molar-refractivity contribution is 9.10. The first-order valence-corrected chi connectivity index (χ1v) is 6.81. The van der Waals surface area contributed by atoms with Crippen molar-refractivity contribution in [2.75, 3.05) is 0 Å². The minimum atomic E-state index is 0.178. The summed E-state index contributed by atoms with van der Waals surface area (Å²) in [6.07, 6.45) is 7.22. The SMILES string of the molecule is NNC(c1occc1Br)C1C2CCCCC21. The zero-order valence-electron chi connectivity index (χ0n) is 9.16. The standard InChI is InChI=1S/C12H17BrN2O/c13-9-5-6-16-12(9)11(15-14)10-7-3-1-2-4-8(7)10/h5-8,10-11,15H,1-4,14H2. The Morgan fingerprint density at radius 1 is 1.38 bits per heavy atom. The van der Waals surface area contributed by atoms with Crippen LogP contribution in [0.25, 0.3) is 0 Å². The molecular formula is C12H17BrN2O. The van der Waals surface area contributed by atoms with Crippen molar-refractivity contribution in [3.8, 4) is 0 Å². The summed E-state index contributed by atoms with van der Waals surface area (Å²) in [4.78, 5) is 0. The minimum Gasteiger partial charge on any atom is -0.466 e.